The molecule has 6 heteroatoms. The van der Waals surface area contributed by atoms with Gasteiger partial charge in [-0.1, -0.05) is 20.8 Å². The number of rotatable bonds is 3. The number of halogens is 3. The Balaban J connectivity index is 2.79. The van der Waals surface area contributed by atoms with Crippen LogP contribution in [0.4, 0.5) is 14.5 Å². The molecule has 0 aliphatic carbocycles. The fourth-order valence-electron chi connectivity index (χ4n) is 1.36. The first-order chi connectivity index (χ1) is 8.61. The Labute approximate surface area is 119 Å². The summed E-state index contributed by atoms with van der Waals surface area (Å²) in [5, 5.41) is 2.40. The summed E-state index contributed by atoms with van der Waals surface area (Å²) in [5.74, 6) is -1.95. The molecule has 19 heavy (non-hydrogen) atoms. The lowest BCUT2D eigenvalue weighted by Crippen LogP contribution is -2.38. The highest BCUT2D eigenvalue weighted by atomic mass is 79.9. The van der Waals surface area contributed by atoms with Crippen LogP contribution in [0.5, 0.6) is 0 Å². The fourth-order valence-corrected chi connectivity index (χ4v) is 1.87. The summed E-state index contributed by atoms with van der Waals surface area (Å²) < 4.78 is 26.6. The second-order valence-electron chi connectivity index (χ2n) is 5.47. The topological polar surface area (TPSA) is 55.1 Å². The number of hydrogen-bond donors (Lipinski definition) is 2. The average molecular weight is 335 g/mol. The van der Waals surface area contributed by atoms with E-state index in [2.05, 4.69) is 21.2 Å². The SMILES string of the molecule is CC(C)(C)C(N)CC(=O)Nc1c(F)cc(F)cc1Br. The van der Waals surface area contributed by atoms with Crippen LogP contribution in [0.2, 0.25) is 0 Å². The van der Waals surface area contributed by atoms with E-state index < -0.39 is 17.5 Å². The van der Waals surface area contributed by atoms with Gasteiger partial charge in [-0.05, 0) is 27.4 Å². The molecule has 0 aromatic heterocycles. The third kappa shape index (κ3) is 4.54. The first-order valence-corrected chi connectivity index (χ1v) is 6.60. The minimum Gasteiger partial charge on any atom is -0.327 e. The number of carbonyl (C=O) groups is 1. The monoisotopic (exact) mass is 334 g/mol. The van der Waals surface area contributed by atoms with Gasteiger partial charge in [0.05, 0.1) is 5.69 Å². The molecule has 0 saturated carbocycles. The molecule has 1 rings (SSSR count). The molecule has 1 unspecified atom stereocenters. The standard InChI is InChI=1S/C13H17BrF2N2O/c1-13(2,3)10(17)6-11(19)18-12-8(14)4-7(15)5-9(12)16/h4-5,10H,6,17H2,1-3H3,(H,18,19). The summed E-state index contributed by atoms with van der Waals surface area (Å²) in [6, 6.07) is 1.45. The third-order valence-electron chi connectivity index (χ3n) is 2.79. The van der Waals surface area contributed by atoms with Crippen molar-refractivity contribution < 1.29 is 13.6 Å². The summed E-state index contributed by atoms with van der Waals surface area (Å²) in [5.41, 5.74) is 5.58. The number of amides is 1. The molecule has 1 amide bonds. The number of anilines is 1. The minimum absolute atomic E-state index is 0.0623. The first kappa shape index (κ1) is 16.0. The van der Waals surface area contributed by atoms with Crippen molar-refractivity contribution in [1.82, 2.24) is 0 Å². The minimum atomic E-state index is -0.829. The molecule has 1 aromatic carbocycles. The Kier molecular flexibility index (Phi) is 5.04. The fraction of sp³-hybridized carbons (Fsp3) is 0.462. The zero-order valence-corrected chi connectivity index (χ0v) is 12.6. The highest BCUT2D eigenvalue weighted by molar-refractivity contribution is 9.10. The predicted octanol–water partition coefficient (Wildman–Crippen LogP) is 3.43. The first-order valence-electron chi connectivity index (χ1n) is 5.81. The third-order valence-corrected chi connectivity index (χ3v) is 3.41. The molecule has 0 heterocycles. The highest BCUT2D eigenvalue weighted by Gasteiger charge is 2.24. The molecule has 3 nitrogen and oxygen atoms in total. The van der Waals surface area contributed by atoms with E-state index in [-0.39, 0.29) is 28.0 Å². The van der Waals surface area contributed by atoms with E-state index in [1.165, 1.54) is 0 Å². The van der Waals surface area contributed by atoms with Gasteiger partial charge in [-0.2, -0.15) is 0 Å². The maximum Gasteiger partial charge on any atom is 0.226 e. The number of benzene rings is 1. The van der Waals surface area contributed by atoms with Gasteiger partial charge in [0.25, 0.3) is 0 Å². The molecular weight excluding hydrogens is 318 g/mol. The molecule has 106 valence electrons. The van der Waals surface area contributed by atoms with Crippen molar-refractivity contribution in [1.29, 1.82) is 0 Å². The Bertz CT molecular complexity index is 463. The molecule has 0 bridgehead atoms. The van der Waals surface area contributed by atoms with Crippen LogP contribution >= 0.6 is 15.9 Å². The predicted molar refractivity (Wildman–Crippen MR) is 74.7 cm³/mol. The second kappa shape index (κ2) is 5.96. The zero-order valence-electron chi connectivity index (χ0n) is 11.1. The van der Waals surface area contributed by atoms with E-state index >= 15 is 0 Å². The van der Waals surface area contributed by atoms with E-state index in [9.17, 15) is 13.6 Å². The van der Waals surface area contributed by atoms with Gasteiger partial charge in [-0.25, -0.2) is 8.78 Å². The van der Waals surface area contributed by atoms with Crippen LogP contribution in [-0.2, 0) is 4.79 Å². The molecule has 3 N–H and O–H groups in total. The van der Waals surface area contributed by atoms with E-state index in [0.29, 0.717) is 6.07 Å². The van der Waals surface area contributed by atoms with Gasteiger partial charge >= 0.3 is 0 Å². The summed E-state index contributed by atoms with van der Waals surface area (Å²) in [6.07, 6.45) is 0.0623. The van der Waals surface area contributed by atoms with Crippen LogP contribution in [0.15, 0.2) is 16.6 Å². The van der Waals surface area contributed by atoms with E-state index in [1.54, 1.807) is 0 Å². The van der Waals surface area contributed by atoms with Crippen LogP contribution in [0, 0.1) is 17.0 Å². The normalized spacial score (nSPS) is 13.2. The van der Waals surface area contributed by atoms with Gasteiger partial charge in [0.15, 0.2) is 5.82 Å². The Morgan fingerprint density at radius 2 is 2.00 bits per heavy atom. The van der Waals surface area contributed by atoms with Crippen molar-refractivity contribution in [2.75, 3.05) is 5.32 Å². The van der Waals surface area contributed by atoms with Crippen molar-refractivity contribution >= 4 is 27.5 Å². The van der Waals surface area contributed by atoms with Crippen molar-refractivity contribution in [2.24, 2.45) is 11.1 Å². The molecule has 1 atom stereocenters. The number of carbonyl (C=O) groups excluding carboxylic acids is 1. The van der Waals surface area contributed by atoms with Crippen molar-refractivity contribution in [2.45, 2.75) is 33.2 Å². The summed E-state index contributed by atoms with van der Waals surface area (Å²) in [4.78, 5) is 11.8. The lowest BCUT2D eigenvalue weighted by atomic mass is 9.85. The van der Waals surface area contributed by atoms with E-state index in [1.807, 2.05) is 20.8 Å². The Morgan fingerprint density at radius 1 is 1.42 bits per heavy atom. The molecule has 0 spiro atoms. The van der Waals surface area contributed by atoms with Gasteiger partial charge in [-0.15, -0.1) is 0 Å². The molecule has 0 saturated heterocycles. The lowest BCUT2D eigenvalue weighted by Gasteiger charge is -2.26. The van der Waals surface area contributed by atoms with Crippen LogP contribution in [-0.4, -0.2) is 11.9 Å². The van der Waals surface area contributed by atoms with Crippen LogP contribution in [0.3, 0.4) is 0 Å². The zero-order chi connectivity index (χ0) is 14.8. The van der Waals surface area contributed by atoms with Gasteiger partial charge in [0.2, 0.25) is 5.91 Å². The summed E-state index contributed by atoms with van der Waals surface area (Å²) in [7, 11) is 0. The second-order valence-corrected chi connectivity index (χ2v) is 6.32. The van der Waals surface area contributed by atoms with Gasteiger partial charge in [-0.3, -0.25) is 4.79 Å². The maximum atomic E-state index is 13.5. The number of nitrogens with one attached hydrogen (secondary N) is 1. The van der Waals surface area contributed by atoms with Crippen LogP contribution in [0.25, 0.3) is 0 Å². The van der Waals surface area contributed by atoms with Gasteiger partial charge in [0.1, 0.15) is 5.82 Å². The van der Waals surface area contributed by atoms with Crippen molar-refractivity contribution in [3.05, 3.63) is 28.2 Å². The molecule has 0 radical (unpaired) electrons. The molecule has 1 aromatic rings. The summed E-state index contributed by atoms with van der Waals surface area (Å²) >= 11 is 3.01. The maximum absolute atomic E-state index is 13.5. The number of nitrogens with two attached hydrogens (primary N) is 1. The lowest BCUT2D eigenvalue weighted by molar-refractivity contribution is -0.117. The van der Waals surface area contributed by atoms with Crippen molar-refractivity contribution in [3.8, 4) is 0 Å². The molecule has 0 aliphatic heterocycles. The average Bonchev–Trinajstić information content (AvgIpc) is 2.21. The quantitative estimate of drug-likeness (QED) is 0.889. The van der Waals surface area contributed by atoms with Crippen molar-refractivity contribution in [3.63, 3.8) is 0 Å². The molecule has 0 aliphatic rings. The van der Waals surface area contributed by atoms with E-state index in [4.69, 9.17) is 5.73 Å². The van der Waals surface area contributed by atoms with Gasteiger partial charge in [0, 0.05) is 23.0 Å². The van der Waals surface area contributed by atoms with Crippen LogP contribution < -0.4 is 11.1 Å². The van der Waals surface area contributed by atoms with Crippen LogP contribution in [0.1, 0.15) is 27.2 Å². The molecular formula is C13H17BrF2N2O. The molecule has 0 fully saturated rings. The number of hydrogen-bond acceptors (Lipinski definition) is 2. The van der Waals surface area contributed by atoms with E-state index in [0.717, 1.165) is 6.07 Å². The largest absolute Gasteiger partial charge is 0.327 e. The summed E-state index contributed by atoms with van der Waals surface area (Å²) in [6.45, 7) is 5.75. The van der Waals surface area contributed by atoms with Gasteiger partial charge < -0.3 is 11.1 Å². The highest BCUT2D eigenvalue weighted by Crippen LogP contribution is 2.27. The smallest absolute Gasteiger partial charge is 0.226 e. The Hall–Kier alpha value is -1.01. The Morgan fingerprint density at radius 3 is 2.47 bits per heavy atom.